The molecule has 1 rings (SSSR count). The number of rotatable bonds is 5. The van der Waals surface area contributed by atoms with Crippen LogP contribution in [0.1, 0.15) is 24.1 Å². The van der Waals surface area contributed by atoms with E-state index in [2.05, 4.69) is 0 Å². The normalized spacial score (nSPS) is 13.4. The number of nitrogens with two attached hydrogens (primary N) is 1. The first-order chi connectivity index (χ1) is 7.79. The fourth-order valence-corrected chi connectivity index (χ4v) is 1.84. The van der Waals surface area contributed by atoms with Gasteiger partial charge in [-0.2, -0.15) is 0 Å². The molecule has 0 aliphatic carbocycles. The molecule has 96 valence electrons. The fourth-order valence-electron chi connectivity index (χ4n) is 1.46. The van der Waals surface area contributed by atoms with Crippen LogP contribution in [0.2, 0.25) is 0 Å². The van der Waals surface area contributed by atoms with Crippen LogP contribution >= 0.6 is 0 Å². The van der Waals surface area contributed by atoms with Crippen molar-refractivity contribution in [1.29, 1.82) is 0 Å². The number of hydrogen-bond acceptors (Lipinski definition) is 4. The van der Waals surface area contributed by atoms with Crippen LogP contribution in [0.3, 0.4) is 0 Å². The Labute approximate surface area is 103 Å². The van der Waals surface area contributed by atoms with Crippen LogP contribution in [-0.4, -0.2) is 27.0 Å². The van der Waals surface area contributed by atoms with Gasteiger partial charge in [0.05, 0.1) is 5.75 Å². The SMILES string of the molecule is Cc1ccc(OCCS(C)(=O)=O)c([C@@H](C)N)c1. The van der Waals surface area contributed by atoms with Gasteiger partial charge in [0.25, 0.3) is 0 Å². The third-order valence-corrected chi connectivity index (χ3v) is 3.28. The zero-order valence-electron chi connectivity index (χ0n) is 10.4. The molecule has 17 heavy (non-hydrogen) atoms. The number of ether oxygens (including phenoxy) is 1. The average Bonchev–Trinajstić information content (AvgIpc) is 2.18. The lowest BCUT2D eigenvalue weighted by atomic mass is 10.1. The lowest BCUT2D eigenvalue weighted by molar-refractivity contribution is 0.335. The molecule has 0 amide bonds. The van der Waals surface area contributed by atoms with Crippen molar-refractivity contribution >= 4 is 9.84 Å². The van der Waals surface area contributed by atoms with E-state index in [0.717, 1.165) is 11.1 Å². The van der Waals surface area contributed by atoms with Gasteiger partial charge < -0.3 is 10.5 Å². The van der Waals surface area contributed by atoms with Crippen LogP contribution in [0.4, 0.5) is 0 Å². The first kappa shape index (κ1) is 14.0. The second-order valence-corrected chi connectivity index (χ2v) is 6.57. The lowest BCUT2D eigenvalue weighted by Crippen LogP contribution is -2.14. The summed E-state index contributed by atoms with van der Waals surface area (Å²) in [6.07, 6.45) is 1.19. The molecular weight excluding hydrogens is 238 g/mol. The van der Waals surface area contributed by atoms with E-state index in [-0.39, 0.29) is 18.4 Å². The predicted molar refractivity (Wildman–Crippen MR) is 69.0 cm³/mol. The molecule has 5 heteroatoms. The molecule has 0 radical (unpaired) electrons. The van der Waals surface area contributed by atoms with Gasteiger partial charge in [0.2, 0.25) is 0 Å². The predicted octanol–water partition coefficient (Wildman–Crippen LogP) is 1.44. The van der Waals surface area contributed by atoms with Gasteiger partial charge in [-0.1, -0.05) is 17.7 Å². The van der Waals surface area contributed by atoms with Crippen molar-refractivity contribution in [1.82, 2.24) is 0 Å². The van der Waals surface area contributed by atoms with E-state index in [1.807, 2.05) is 32.0 Å². The van der Waals surface area contributed by atoms with Crippen molar-refractivity contribution in [3.63, 3.8) is 0 Å². The minimum absolute atomic E-state index is 0.0132. The summed E-state index contributed by atoms with van der Waals surface area (Å²) in [6, 6.07) is 5.57. The summed E-state index contributed by atoms with van der Waals surface area (Å²) in [5, 5.41) is 0. The lowest BCUT2D eigenvalue weighted by Gasteiger charge is -2.14. The van der Waals surface area contributed by atoms with Gasteiger partial charge in [-0.3, -0.25) is 0 Å². The van der Waals surface area contributed by atoms with Crippen LogP contribution < -0.4 is 10.5 Å². The number of aryl methyl sites for hydroxylation is 1. The van der Waals surface area contributed by atoms with E-state index in [0.29, 0.717) is 5.75 Å². The van der Waals surface area contributed by atoms with E-state index in [4.69, 9.17) is 10.5 Å². The fraction of sp³-hybridized carbons (Fsp3) is 0.500. The highest BCUT2D eigenvalue weighted by molar-refractivity contribution is 7.90. The first-order valence-electron chi connectivity index (χ1n) is 5.46. The molecule has 4 nitrogen and oxygen atoms in total. The summed E-state index contributed by atoms with van der Waals surface area (Å²) in [7, 11) is -2.99. The molecule has 0 saturated carbocycles. The quantitative estimate of drug-likeness (QED) is 0.866. The Hall–Kier alpha value is -1.07. The average molecular weight is 257 g/mol. The Balaban J connectivity index is 2.77. The molecule has 0 unspecified atom stereocenters. The zero-order chi connectivity index (χ0) is 13.1. The summed E-state index contributed by atoms with van der Waals surface area (Å²) in [5.41, 5.74) is 7.85. The van der Waals surface area contributed by atoms with E-state index < -0.39 is 9.84 Å². The minimum Gasteiger partial charge on any atom is -0.492 e. The van der Waals surface area contributed by atoms with Crippen molar-refractivity contribution < 1.29 is 13.2 Å². The van der Waals surface area contributed by atoms with Crippen molar-refractivity contribution in [3.05, 3.63) is 29.3 Å². The number of hydrogen-bond donors (Lipinski definition) is 1. The Morgan fingerprint density at radius 3 is 2.59 bits per heavy atom. The Morgan fingerprint density at radius 1 is 1.41 bits per heavy atom. The molecule has 0 bridgehead atoms. The smallest absolute Gasteiger partial charge is 0.150 e. The molecule has 0 fully saturated rings. The summed E-state index contributed by atoms with van der Waals surface area (Å²) in [6.45, 7) is 4.01. The maximum absolute atomic E-state index is 11.0. The van der Waals surface area contributed by atoms with Crippen LogP contribution in [-0.2, 0) is 9.84 Å². The van der Waals surface area contributed by atoms with Crippen LogP contribution in [0, 0.1) is 6.92 Å². The molecule has 2 N–H and O–H groups in total. The van der Waals surface area contributed by atoms with Crippen molar-refractivity contribution in [2.45, 2.75) is 19.9 Å². The molecule has 1 atom stereocenters. The Kier molecular flexibility index (Phi) is 4.54. The number of sulfone groups is 1. The van der Waals surface area contributed by atoms with Gasteiger partial charge in [-0.05, 0) is 19.9 Å². The van der Waals surface area contributed by atoms with Crippen LogP contribution in [0.5, 0.6) is 5.75 Å². The maximum Gasteiger partial charge on any atom is 0.150 e. The summed E-state index contributed by atoms with van der Waals surface area (Å²) in [4.78, 5) is 0. The summed E-state index contributed by atoms with van der Waals surface area (Å²) in [5.74, 6) is 0.675. The topological polar surface area (TPSA) is 69.4 Å². The van der Waals surface area contributed by atoms with Gasteiger partial charge in [0.1, 0.15) is 12.4 Å². The molecule has 0 heterocycles. The minimum atomic E-state index is -2.99. The highest BCUT2D eigenvalue weighted by atomic mass is 32.2. The van der Waals surface area contributed by atoms with E-state index in [9.17, 15) is 8.42 Å². The Bertz CT molecular complexity index is 481. The van der Waals surface area contributed by atoms with Crippen LogP contribution in [0.25, 0.3) is 0 Å². The largest absolute Gasteiger partial charge is 0.492 e. The molecule has 0 spiro atoms. The van der Waals surface area contributed by atoms with Gasteiger partial charge in [0, 0.05) is 17.9 Å². The van der Waals surface area contributed by atoms with E-state index >= 15 is 0 Å². The third kappa shape index (κ3) is 4.75. The molecule has 0 aliphatic heterocycles. The number of benzene rings is 1. The Morgan fingerprint density at radius 2 is 2.06 bits per heavy atom. The highest BCUT2D eigenvalue weighted by Gasteiger charge is 2.09. The van der Waals surface area contributed by atoms with Gasteiger partial charge >= 0.3 is 0 Å². The summed E-state index contributed by atoms with van der Waals surface area (Å²) >= 11 is 0. The van der Waals surface area contributed by atoms with Crippen molar-refractivity contribution in [2.75, 3.05) is 18.6 Å². The van der Waals surface area contributed by atoms with Crippen LogP contribution in [0.15, 0.2) is 18.2 Å². The molecule has 0 aromatic heterocycles. The molecule has 1 aromatic rings. The van der Waals surface area contributed by atoms with E-state index in [1.165, 1.54) is 6.26 Å². The molecular formula is C12H19NO3S. The maximum atomic E-state index is 11.0. The van der Waals surface area contributed by atoms with Gasteiger partial charge in [-0.15, -0.1) is 0 Å². The zero-order valence-corrected chi connectivity index (χ0v) is 11.3. The second kappa shape index (κ2) is 5.51. The van der Waals surface area contributed by atoms with E-state index in [1.54, 1.807) is 0 Å². The highest BCUT2D eigenvalue weighted by Crippen LogP contribution is 2.24. The molecule has 0 aliphatic rings. The van der Waals surface area contributed by atoms with Gasteiger partial charge in [-0.25, -0.2) is 8.42 Å². The molecule has 0 saturated heterocycles. The van der Waals surface area contributed by atoms with Crippen molar-refractivity contribution in [2.24, 2.45) is 5.73 Å². The first-order valence-corrected chi connectivity index (χ1v) is 7.52. The molecule has 1 aromatic carbocycles. The van der Waals surface area contributed by atoms with Crippen molar-refractivity contribution in [3.8, 4) is 5.75 Å². The third-order valence-electron chi connectivity index (χ3n) is 2.37. The second-order valence-electron chi connectivity index (χ2n) is 4.31. The monoisotopic (exact) mass is 257 g/mol. The summed E-state index contributed by atoms with van der Waals surface area (Å²) < 4.78 is 27.4. The van der Waals surface area contributed by atoms with Gasteiger partial charge in [0.15, 0.2) is 9.84 Å². The standard InChI is InChI=1S/C12H19NO3S/c1-9-4-5-12(11(8-9)10(2)13)16-6-7-17(3,14)15/h4-5,8,10H,6-7,13H2,1-3H3/t10-/m1/s1.